The molecule has 1 rings (SSSR count). The second-order valence-corrected chi connectivity index (χ2v) is 4.40. The molecule has 0 unspecified atom stereocenters. The molecule has 0 heterocycles. The van der Waals surface area contributed by atoms with Gasteiger partial charge in [-0.25, -0.2) is 4.79 Å². The zero-order chi connectivity index (χ0) is 17.7. The number of rotatable bonds is 5. The predicted octanol–water partition coefficient (Wildman–Crippen LogP) is 3.34. The van der Waals surface area contributed by atoms with Crippen LogP contribution in [-0.2, 0) is 11.3 Å². The Hall–Kier alpha value is -1.97. The SMILES string of the molecule is CCOC(NC(=O)NCc1ccccc1)(C(F)(F)F)C(F)(F)F. The van der Waals surface area contributed by atoms with Gasteiger partial charge in [-0.1, -0.05) is 30.3 Å². The minimum atomic E-state index is -5.88. The third kappa shape index (κ3) is 4.50. The van der Waals surface area contributed by atoms with E-state index in [1.54, 1.807) is 30.3 Å². The van der Waals surface area contributed by atoms with Crippen LogP contribution in [0.5, 0.6) is 0 Å². The number of benzene rings is 1. The van der Waals surface area contributed by atoms with E-state index in [1.807, 2.05) is 5.32 Å². The quantitative estimate of drug-likeness (QED) is 0.636. The standard InChI is InChI=1S/C13H14F6N2O2/c1-2-23-11(12(14,15)16,13(17,18)19)21-10(22)20-8-9-6-4-3-5-7-9/h3-7H,2,8H2,1H3,(H2,20,21,22). The zero-order valence-corrected chi connectivity index (χ0v) is 11.9. The molecule has 0 aliphatic carbocycles. The van der Waals surface area contributed by atoms with Crippen LogP contribution in [-0.4, -0.2) is 30.7 Å². The number of carbonyl (C=O) groups excluding carboxylic acids is 1. The van der Waals surface area contributed by atoms with Crippen LogP contribution in [0.2, 0.25) is 0 Å². The third-order valence-corrected chi connectivity index (χ3v) is 2.74. The molecule has 10 heteroatoms. The summed E-state index contributed by atoms with van der Waals surface area (Å²) in [6.45, 7) is -0.196. The van der Waals surface area contributed by atoms with Crippen molar-refractivity contribution >= 4 is 6.03 Å². The van der Waals surface area contributed by atoms with Gasteiger partial charge in [0.2, 0.25) is 0 Å². The third-order valence-electron chi connectivity index (χ3n) is 2.74. The van der Waals surface area contributed by atoms with Crippen LogP contribution in [0.4, 0.5) is 31.1 Å². The first kappa shape index (κ1) is 19.1. The van der Waals surface area contributed by atoms with Crippen molar-refractivity contribution in [3.05, 3.63) is 35.9 Å². The summed E-state index contributed by atoms with van der Waals surface area (Å²) in [5.41, 5.74) is -4.26. The first-order valence-corrected chi connectivity index (χ1v) is 6.41. The van der Waals surface area contributed by atoms with E-state index in [2.05, 4.69) is 4.74 Å². The highest BCUT2D eigenvalue weighted by molar-refractivity contribution is 5.74. The Morgan fingerprint density at radius 1 is 1.04 bits per heavy atom. The van der Waals surface area contributed by atoms with Gasteiger partial charge in [-0.05, 0) is 12.5 Å². The number of urea groups is 1. The van der Waals surface area contributed by atoms with E-state index in [9.17, 15) is 31.1 Å². The number of hydrogen-bond donors (Lipinski definition) is 2. The minimum Gasteiger partial charge on any atom is -0.341 e. The van der Waals surface area contributed by atoms with E-state index < -0.39 is 30.7 Å². The van der Waals surface area contributed by atoms with Crippen molar-refractivity contribution < 1.29 is 35.9 Å². The normalized spacial score (nSPS) is 12.8. The van der Waals surface area contributed by atoms with Gasteiger partial charge in [-0.2, -0.15) is 26.3 Å². The molecule has 0 saturated carbocycles. The minimum absolute atomic E-state index is 0.245. The molecule has 0 aliphatic heterocycles. The van der Waals surface area contributed by atoms with Crippen LogP contribution < -0.4 is 10.6 Å². The molecule has 0 spiro atoms. The number of ether oxygens (including phenoxy) is 1. The first-order valence-electron chi connectivity index (χ1n) is 6.41. The van der Waals surface area contributed by atoms with Crippen LogP contribution in [0.3, 0.4) is 0 Å². The van der Waals surface area contributed by atoms with Gasteiger partial charge in [0.05, 0.1) is 0 Å². The molecule has 4 nitrogen and oxygen atoms in total. The molecular weight excluding hydrogens is 330 g/mol. The van der Waals surface area contributed by atoms with Crippen LogP contribution in [0.25, 0.3) is 0 Å². The highest BCUT2D eigenvalue weighted by atomic mass is 19.4. The van der Waals surface area contributed by atoms with Crippen molar-refractivity contribution in [2.45, 2.75) is 31.5 Å². The molecule has 0 saturated heterocycles. The fourth-order valence-electron chi connectivity index (χ4n) is 1.70. The van der Waals surface area contributed by atoms with E-state index in [1.165, 1.54) is 0 Å². The summed E-state index contributed by atoms with van der Waals surface area (Å²) in [5.74, 6) is 0. The lowest BCUT2D eigenvalue weighted by Crippen LogP contribution is -2.70. The molecule has 0 radical (unpaired) electrons. The first-order chi connectivity index (χ1) is 10.5. The highest BCUT2D eigenvalue weighted by Gasteiger charge is 2.73. The number of amides is 2. The molecule has 2 amide bonds. The Bertz CT molecular complexity index is 501. The number of hydrogen-bond acceptors (Lipinski definition) is 2. The second-order valence-electron chi connectivity index (χ2n) is 4.40. The molecule has 0 aromatic heterocycles. The average molecular weight is 344 g/mol. The summed E-state index contributed by atoms with van der Waals surface area (Å²) in [6.07, 6.45) is -11.8. The van der Waals surface area contributed by atoms with Gasteiger partial charge in [0.1, 0.15) is 0 Å². The van der Waals surface area contributed by atoms with Crippen LogP contribution in [0, 0.1) is 0 Å². The second kappa shape index (κ2) is 7.07. The monoisotopic (exact) mass is 344 g/mol. The van der Waals surface area contributed by atoms with Crippen molar-refractivity contribution in [3.8, 4) is 0 Å². The Morgan fingerprint density at radius 3 is 2.00 bits per heavy atom. The summed E-state index contributed by atoms with van der Waals surface area (Å²) in [7, 11) is 0. The van der Waals surface area contributed by atoms with E-state index in [0.29, 0.717) is 5.56 Å². The largest absolute Gasteiger partial charge is 0.446 e. The Kier molecular flexibility index (Phi) is 5.86. The van der Waals surface area contributed by atoms with Gasteiger partial charge in [0.15, 0.2) is 0 Å². The fraction of sp³-hybridized carbons (Fsp3) is 0.462. The lowest BCUT2D eigenvalue weighted by atomic mass is 10.2. The number of halogens is 6. The van der Waals surface area contributed by atoms with Crippen molar-refractivity contribution in [3.63, 3.8) is 0 Å². The van der Waals surface area contributed by atoms with E-state index in [-0.39, 0.29) is 6.54 Å². The molecule has 23 heavy (non-hydrogen) atoms. The van der Waals surface area contributed by atoms with Crippen molar-refractivity contribution in [2.75, 3.05) is 6.61 Å². The van der Waals surface area contributed by atoms with Gasteiger partial charge in [0.25, 0.3) is 0 Å². The molecular formula is C13H14F6N2O2. The maximum atomic E-state index is 12.9. The fourth-order valence-corrected chi connectivity index (χ4v) is 1.70. The molecule has 0 aliphatic rings. The molecule has 1 aromatic rings. The Balaban J connectivity index is 2.90. The lowest BCUT2D eigenvalue weighted by molar-refractivity contribution is -0.387. The van der Waals surface area contributed by atoms with Gasteiger partial charge in [-0.15, -0.1) is 0 Å². The van der Waals surface area contributed by atoms with Gasteiger partial charge in [-0.3, -0.25) is 5.32 Å². The van der Waals surface area contributed by atoms with Crippen LogP contribution in [0.1, 0.15) is 12.5 Å². The summed E-state index contributed by atoms with van der Waals surface area (Å²) >= 11 is 0. The van der Waals surface area contributed by atoms with Crippen molar-refractivity contribution in [1.82, 2.24) is 10.6 Å². The number of carbonyl (C=O) groups is 1. The lowest BCUT2D eigenvalue weighted by Gasteiger charge is -2.36. The van der Waals surface area contributed by atoms with Crippen molar-refractivity contribution in [1.29, 1.82) is 0 Å². The predicted molar refractivity (Wildman–Crippen MR) is 68.3 cm³/mol. The Morgan fingerprint density at radius 2 is 1.57 bits per heavy atom. The van der Waals surface area contributed by atoms with E-state index >= 15 is 0 Å². The topological polar surface area (TPSA) is 50.4 Å². The maximum absolute atomic E-state index is 12.9. The summed E-state index contributed by atoms with van der Waals surface area (Å²) in [6, 6.07) is 6.30. The van der Waals surface area contributed by atoms with E-state index in [4.69, 9.17) is 0 Å². The highest BCUT2D eigenvalue weighted by Crippen LogP contribution is 2.43. The molecule has 0 fully saturated rings. The number of alkyl halides is 6. The summed E-state index contributed by atoms with van der Waals surface area (Å²) < 4.78 is 81.2. The van der Waals surface area contributed by atoms with Crippen LogP contribution >= 0.6 is 0 Å². The Labute approximate surface area is 127 Å². The van der Waals surface area contributed by atoms with Gasteiger partial charge in [0, 0.05) is 13.2 Å². The molecule has 2 N–H and O–H groups in total. The van der Waals surface area contributed by atoms with Gasteiger partial charge < -0.3 is 10.1 Å². The molecule has 130 valence electrons. The maximum Gasteiger partial charge on any atom is 0.446 e. The molecule has 0 bridgehead atoms. The molecule has 1 aromatic carbocycles. The summed E-state index contributed by atoms with van der Waals surface area (Å²) in [4.78, 5) is 11.5. The summed E-state index contributed by atoms with van der Waals surface area (Å²) in [5, 5.41) is 2.79. The van der Waals surface area contributed by atoms with Crippen LogP contribution in [0.15, 0.2) is 30.3 Å². The average Bonchev–Trinajstić information content (AvgIpc) is 2.43. The van der Waals surface area contributed by atoms with Gasteiger partial charge >= 0.3 is 24.1 Å². The van der Waals surface area contributed by atoms with Crippen molar-refractivity contribution in [2.24, 2.45) is 0 Å². The van der Waals surface area contributed by atoms with E-state index in [0.717, 1.165) is 12.2 Å². The molecule has 0 atom stereocenters. The number of nitrogens with one attached hydrogen (secondary N) is 2. The zero-order valence-electron chi connectivity index (χ0n) is 11.9. The smallest absolute Gasteiger partial charge is 0.341 e.